The summed E-state index contributed by atoms with van der Waals surface area (Å²) in [6.07, 6.45) is 0.193. The van der Waals surface area contributed by atoms with Crippen LogP contribution in [0.15, 0.2) is 0 Å². The summed E-state index contributed by atoms with van der Waals surface area (Å²) in [5, 5.41) is 4.24. The van der Waals surface area contributed by atoms with Gasteiger partial charge in [0.2, 0.25) is 5.88 Å². The summed E-state index contributed by atoms with van der Waals surface area (Å²) in [5.41, 5.74) is 2.29. The lowest BCUT2D eigenvalue weighted by Crippen LogP contribution is -2.06. The van der Waals surface area contributed by atoms with Crippen molar-refractivity contribution in [2.75, 3.05) is 0 Å². The van der Waals surface area contributed by atoms with Gasteiger partial charge in [0.1, 0.15) is 0 Å². The van der Waals surface area contributed by atoms with Crippen LogP contribution >= 0.6 is 0 Å². The van der Waals surface area contributed by atoms with E-state index >= 15 is 0 Å². The van der Waals surface area contributed by atoms with Gasteiger partial charge in [-0.3, -0.25) is 4.68 Å². The predicted molar refractivity (Wildman–Crippen MR) is 59.8 cm³/mol. The van der Waals surface area contributed by atoms with Gasteiger partial charge in [0.05, 0.1) is 6.10 Å². The Kier molecular flexibility index (Phi) is 5.28. The lowest BCUT2D eigenvalue weighted by molar-refractivity contribution is 0.229. The fourth-order valence-corrected chi connectivity index (χ4v) is 1.02. The molecule has 0 amide bonds. The zero-order chi connectivity index (χ0) is 11.3. The molecule has 0 unspecified atom stereocenters. The molecule has 3 nitrogen and oxygen atoms in total. The zero-order valence-electron chi connectivity index (χ0n) is 10.4. The fourth-order valence-electron chi connectivity index (χ4n) is 1.02. The van der Waals surface area contributed by atoms with E-state index in [9.17, 15) is 0 Å². The monoisotopic (exact) mass is 198 g/mol. The van der Waals surface area contributed by atoms with E-state index in [4.69, 9.17) is 4.74 Å². The van der Waals surface area contributed by atoms with Crippen LogP contribution in [-0.2, 0) is 7.05 Å². The molecule has 1 rings (SSSR count). The van der Waals surface area contributed by atoms with Gasteiger partial charge in [-0.2, -0.15) is 0 Å². The SMILES string of the molecule is CC.Cc1c(OC(C)C)nn(C)c1C. The molecule has 0 saturated heterocycles. The van der Waals surface area contributed by atoms with Gasteiger partial charge in [-0.15, -0.1) is 5.10 Å². The molecule has 0 N–H and O–H groups in total. The molecule has 0 aromatic carbocycles. The van der Waals surface area contributed by atoms with E-state index in [1.54, 1.807) is 0 Å². The summed E-state index contributed by atoms with van der Waals surface area (Å²) in [4.78, 5) is 0. The molecule has 1 aromatic rings. The fraction of sp³-hybridized carbons (Fsp3) is 0.727. The average Bonchev–Trinajstić information content (AvgIpc) is 2.36. The Morgan fingerprint density at radius 3 is 2.00 bits per heavy atom. The molecular formula is C11H22N2O. The number of nitrogens with zero attached hydrogens (tertiary/aromatic N) is 2. The Balaban J connectivity index is 0.000000791. The number of aromatic nitrogens is 2. The van der Waals surface area contributed by atoms with E-state index in [2.05, 4.69) is 5.10 Å². The molecule has 14 heavy (non-hydrogen) atoms. The second-order valence-electron chi connectivity index (χ2n) is 3.31. The first kappa shape index (κ1) is 13.0. The van der Waals surface area contributed by atoms with Crippen LogP contribution < -0.4 is 4.74 Å². The smallest absolute Gasteiger partial charge is 0.236 e. The maximum atomic E-state index is 5.51. The van der Waals surface area contributed by atoms with Gasteiger partial charge in [-0.1, -0.05) is 13.8 Å². The molecule has 0 aliphatic rings. The Hall–Kier alpha value is -0.990. The summed E-state index contributed by atoms with van der Waals surface area (Å²) >= 11 is 0. The van der Waals surface area contributed by atoms with Crippen molar-refractivity contribution in [2.24, 2.45) is 7.05 Å². The van der Waals surface area contributed by atoms with Crippen molar-refractivity contribution in [3.63, 3.8) is 0 Å². The first-order chi connectivity index (χ1) is 6.52. The minimum Gasteiger partial charge on any atom is -0.474 e. The van der Waals surface area contributed by atoms with Crippen LogP contribution in [0, 0.1) is 13.8 Å². The molecule has 0 aliphatic carbocycles. The van der Waals surface area contributed by atoms with Crippen molar-refractivity contribution in [1.82, 2.24) is 9.78 Å². The summed E-state index contributed by atoms with van der Waals surface area (Å²) in [7, 11) is 1.93. The number of hydrogen-bond acceptors (Lipinski definition) is 2. The number of rotatable bonds is 2. The van der Waals surface area contributed by atoms with Crippen LogP contribution in [0.2, 0.25) is 0 Å². The third-order valence-corrected chi connectivity index (χ3v) is 1.94. The Morgan fingerprint density at radius 1 is 1.21 bits per heavy atom. The highest BCUT2D eigenvalue weighted by molar-refractivity contribution is 5.28. The molecular weight excluding hydrogens is 176 g/mol. The topological polar surface area (TPSA) is 27.1 Å². The van der Waals surface area contributed by atoms with E-state index in [0.717, 1.165) is 17.1 Å². The number of hydrogen-bond donors (Lipinski definition) is 0. The van der Waals surface area contributed by atoms with Crippen LogP contribution in [0.3, 0.4) is 0 Å². The lowest BCUT2D eigenvalue weighted by atomic mass is 10.3. The van der Waals surface area contributed by atoms with E-state index < -0.39 is 0 Å². The van der Waals surface area contributed by atoms with Gasteiger partial charge in [0, 0.05) is 18.3 Å². The highest BCUT2D eigenvalue weighted by Gasteiger charge is 2.10. The van der Waals surface area contributed by atoms with Gasteiger partial charge in [0.25, 0.3) is 0 Å². The number of aryl methyl sites for hydroxylation is 1. The Morgan fingerprint density at radius 2 is 1.71 bits per heavy atom. The standard InChI is InChI=1S/C9H16N2O.C2H6/c1-6(2)12-9-7(3)8(4)11(5)10-9;1-2/h6H,1-5H3;1-2H3. The van der Waals surface area contributed by atoms with Crippen molar-refractivity contribution >= 4 is 0 Å². The van der Waals surface area contributed by atoms with Gasteiger partial charge >= 0.3 is 0 Å². The molecule has 1 heterocycles. The van der Waals surface area contributed by atoms with E-state index in [-0.39, 0.29) is 6.10 Å². The average molecular weight is 198 g/mol. The Bertz CT molecular complexity index is 277. The van der Waals surface area contributed by atoms with E-state index in [0.29, 0.717) is 0 Å². The molecule has 1 aromatic heterocycles. The highest BCUT2D eigenvalue weighted by atomic mass is 16.5. The van der Waals surface area contributed by atoms with Crippen molar-refractivity contribution in [3.05, 3.63) is 11.3 Å². The van der Waals surface area contributed by atoms with Gasteiger partial charge < -0.3 is 4.74 Å². The quantitative estimate of drug-likeness (QED) is 0.730. The van der Waals surface area contributed by atoms with Crippen LogP contribution in [0.5, 0.6) is 5.88 Å². The predicted octanol–water partition coefficient (Wildman–Crippen LogP) is 2.85. The van der Waals surface area contributed by atoms with Crippen molar-refractivity contribution in [1.29, 1.82) is 0 Å². The minimum atomic E-state index is 0.193. The molecule has 0 bridgehead atoms. The molecule has 0 atom stereocenters. The Labute approximate surface area is 87.1 Å². The number of ether oxygens (including phenoxy) is 1. The summed E-state index contributed by atoms with van der Waals surface area (Å²) in [5.74, 6) is 0.755. The molecule has 0 fully saturated rings. The van der Waals surface area contributed by atoms with Gasteiger partial charge in [-0.25, -0.2) is 0 Å². The molecule has 0 saturated carbocycles. The molecule has 0 radical (unpaired) electrons. The van der Waals surface area contributed by atoms with Crippen LogP contribution in [-0.4, -0.2) is 15.9 Å². The lowest BCUT2D eigenvalue weighted by Gasteiger charge is -2.06. The molecule has 0 spiro atoms. The van der Waals surface area contributed by atoms with Crippen molar-refractivity contribution < 1.29 is 4.74 Å². The van der Waals surface area contributed by atoms with Gasteiger partial charge in [0.15, 0.2) is 0 Å². The summed E-state index contributed by atoms with van der Waals surface area (Å²) in [6, 6.07) is 0. The minimum absolute atomic E-state index is 0.193. The first-order valence-electron chi connectivity index (χ1n) is 5.19. The second kappa shape index (κ2) is 5.68. The van der Waals surface area contributed by atoms with Crippen molar-refractivity contribution in [2.45, 2.75) is 47.6 Å². The maximum absolute atomic E-state index is 5.51. The molecule has 82 valence electrons. The summed E-state index contributed by atoms with van der Waals surface area (Å²) in [6.45, 7) is 12.1. The van der Waals surface area contributed by atoms with Crippen LogP contribution in [0.1, 0.15) is 39.0 Å². The van der Waals surface area contributed by atoms with Crippen molar-refractivity contribution in [3.8, 4) is 5.88 Å². The molecule has 3 heteroatoms. The second-order valence-corrected chi connectivity index (χ2v) is 3.31. The summed E-state index contributed by atoms with van der Waals surface area (Å²) < 4.78 is 7.36. The van der Waals surface area contributed by atoms with Crippen LogP contribution in [0.25, 0.3) is 0 Å². The van der Waals surface area contributed by atoms with E-state index in [1.165, 1.54) is 0 Å². The highest BCUT2D eigenvalue weighted by Crippen LogP contribution is 2.19. The van der Waals surface area contributed by atoms with Crippen LogP contribution in [0.4, 0.5) is 0 Å². The third-order valence-electron chi connectivity index (χ3n) is 1.94. The largest absolute Gasteiger partial charge is 0.474 e. The van der Waals surface area contributed by atoms with Gasteiger partial charge in [-0.05, 0) is 27.7 Å². The molecule has 0 aliphatic heterocycles. The normalized spacial score (nSPS) is 9.71. The maximum Gasteiger partial charge on any atom is 0.236 e. The third kappa shape index (κ3) is 3.05. The zero-order valence-corrected chi connectivity index (χ0v) is 10.4. The first-order valence-corrected chi connectivity index (χ1v) is 5.19. The van der Waals surface area contributed by atoms with E-state index in [1.807, 2.05) is 53.3 Å².